The summed E-state index contributed by atoms with van der Waals surface area (Å²) in [5.41, 5.74) is 2.57. The molecule has 1 N–H and O–H groups in total. The number of alkyl halides is 1. The Bertz CT molecular complexity index is 1790. The number of hydrogen-bond donors (Lipinski definition) is 1. The number of hydrogen-bond acceptors (Lipinski definition) is 8. The van der Waals surface area contributed by atoms with Crippen molar-refractivity contribution in [1.29, 1.82) is 0 Å². The van der Waals surface area contributed by atoms with Gasteiger partial charge in [-0.1, -0.05) is 12.0 Å². The number of ketones is 1. The summed E-state index contributed by atoms with van der Waals surface area (Å²) >= 11 is 3.32. The number of fused-ring (bicyclic) bond motifs is 1. The van der Waals surface area contributed by atoms with Crippen molar-refractivity contribution in [3.63, 3.8) is 0 Å². The van der Waals surface area contributed by atoms with Crippen molar-refractivity contribution in [2.45, 2.75) is 58.7 Å². The number of likely N-dealkylation sites (tertiary alicyclic amines) is 1. The molecule has 1 fully saturated rings. The lowest BCUT2D eigenvalue weighted by Gasteiger charge is -2.28. The van der Waals surface area contributed by atoms with E-state index in [-0.39, 0.29) is 36.8 Å². The van der Waals surface area contributed by atoms with E-state index in [9.17, 15) is 18.8 Å². The maximum Gasteiger partial charge on any atom is 0.248 e. The van der Waals surface area contributed by atoms with Gasteiger partial charge in [0.2, 0.25) is 11.8 Å². The minimum absolute atomic E-state index is 0.172. The third kappa shape index (κ3) is 6.21. The first-order valence-electron chi connectivity index (χ1n) is 14.0. The summed E-state index contributed by atoms with van der Waals surface area (Å²) < 4.78 is 15.1. The lowest BCUT2D eigenvalue weighted by Crippen LogP contribution is -2.48. The summed E-state index contributed by atoms with van der Waals surface area (Å²) in [4.78, 5) is 58.9. The van der Waals surface area contributed by atoms with Gasteiger partial charge in [0.15, 0.2) is 5.78 Å². The van der Waals surface area contributed by atoms with E-state index in [0.717, 1.165) is 5.56 Å². The Morgan fingerprint density at radius 3 is 2.59 bits per heavy atom. The minimum Gasteiger partial charge on any atom is -0.315 e. The lowest BCUT2D eigenvalue weighted by atomic mass is 9.94. The Balaban J connectivity index is 1.48. The monoisotopic (exact) mass is 660 g/mol. The molecule has 2 amide bonds. The molecule has 1 aliphatic rings. The van der Waals surface area contributed by atoms with Gasteiger partial charge in [-0.05, 0) is 72.7 Å². The number of anilines is 1. The topological polar surface area (TPSA) is 136 Å². The average molecular weight is 662 g/mol. The first-order valence-corrected chi connectivity index (χ1v) is 14.8. The molecule has 0 aromatic carbocycles. The van der Waals surface area contributed by atoms with Crippen LogP contribution in [0.3, 0.4) is 0 Å². The standard InChI is InChI=1S/C31H30BrFN8O3/c1-5-24-20(7-6-10-33)11-25(31(44)38-30-17(2)8-9-27(32)37-30)41(24)28(43)16-40-26-15-36-23(21-13-34-19(4)35-14-21)12-22(26)29(39-40)18(3)42/h1,8-9,12-15,20,24-25H,6-7,10-11,16H2,2-4H3,(H,37,38,44)/t20-,24+,25-/m0/s1. The van der Waals surface area contributed by atoms with Crippen molar-refractivity contribution in [1.82, 2.24) is 34.6 Å². The molecule has 13 heteroatoms. The molecule has 0 spiro atoms. The molecule has 5 heterocycles. The summed E-state index contributed by atoms with van der Waals surface area (Å²) in [7, 11) is 0. The van der Waals surface area contributed by atoms with E-state index < -0.39 is 30.6 Å². The molecule has 4 aromatic heterocycles. The van der Waals surface area contributed by atoms with E-state index in [1.54, 1.807) is 37.5 Å². The van der Waals surface area contributed by atoms with Crippen molar-refractivity contribution >= 4 is 50.2 Å². The van der Waals surface area contributed by atoms with Gasteiger partial charge < -0.3 is 10.2 Å². The average Bonchev–Trinajstić information content (AvgIpc) is 3.56. The van der Waals surface area contributed by atoms with E-state index in [1.165, 1.54) is 22.7 Å². The van der Waals surface area contributed by atoms with Gasteiger partial charge in [0.1, 0.15) is 34.5 Å². The quantitative estimate of drug-likeness (QED) is 0.158. The maximum atomic E-state index is 14.0. The maximum absolute atomic E-state index is 14.0. The fraction of sp³-hybridized carbons (Fsp3) is 0.355. The number of terminal acetylenes is 1. The highest BCUT2D eigenvalue weighted by Gasteiger charge is 2.46. The van der Waals surface area contributed by atoms with E-state index in [0.29, 0.717) is 44.8 Å². The smallest absolute Gasteiger partial charge is 0.248 e. The second-order valence-electron chi connectivity index (χ2n) is 10.7. The molecule has 1 saturated heterocycles. The number of pyridine rings is 2. The molecule has 5 rings (SSSR count). The van der Waals surface area contributed by atoms with Gasteiger partial charge in [-0.3, -0.25) is 28.4 Å². The van der Waals surface area contributed by atoms with Crippen molar-refractivity contribution in [2.24, 2.45) is 5.92 Å². The van der Waals surface area contributed by atoms with Gasteiger partial charge in [-0.25, -0.2) is 15.0 Å². The molecule has 4 aromatic rings. The number of nitrogens with zero attached hydrogens (tertiary/aromatic N) is 7. The van der Waals surface area contributed by atoms with Crippen LogP contribution in [-0.2, 0) is 16.1 Å². The van der Waals surface area contributed by atoms with Crippen LogP contribution in [0.15, 0.2) is 41.4 Å². The molecule has 3 atom stereocenters. The molecule has 226 valence electrons. The van der Waals surface area contributed by atoms with Crippen LogP contribution < -0.4 is 5.32 Å². The summed E-state index contributed by atoms with van der Waals surface area (Å²) in [6, 6.07) is 3.62. The Kier molecular flexibility index (Phi) is 9.10. The van der Waals surface area contributed by atoms with E-state index in [1.807, 2.05) is 6.92 Å². The fourth-order valence-electron chi connectivity index (χ4n) is 5.52. The first-order chi connectivity index (χ1) is 21.1. The highest BCUT2D eigenvalue weighted by molar-refractivity contribution is 9.10. The second kappa shape index (κ2) is 13.0. The Labute approximate surface area is 261 Å². The SMILES string of the molecule is C#C[C@@H]1[C@@H](CCCF)C[C@@H](C(=O)Nc2nc(Br)ccc2C)N1C(=O)Cn1nc(C(C)=O)c2cc(-c3cnc(C)nc3)ncc21. The largest absolute Gasteiger partial charge is 0.315 e. The molecule has 0 radical (unpaired) electrons. The van der Waals surface area contributed by atoms with Crippen LogP contribution in [0.1, 0.15) is 48.1 Å². The molecule has 11 nitrogen and oxygen atoms in total. The Hall–Kier alpha value is -4.57. The predicted octanol–water partition coefficient (Wildman–Crippen LogP) is 4.47. The number of aryl methyl sites for hydroxylation is 2. The number of Topliss-reactive ketones (excluding diaryl/α,β-unsaturated/α-hetero) is 1. The molecular weight excluding hydrogens is 631 g/mol. The zero-order chi connectivity index (χ0) is 31.5. The normalized spacial score (nSPS) is 17.9. The van der Waals surface area contributed by atoms with Crippen molar-refractivity contribution in [2.75, 3.05) is 12.0 Å². The van der Waals surface area contributed by atoms with Gasteiger partial charge in [0.25, 0.3) is 0 Å². The fourth-order valence-corrected chi connectivity index (χ4v) is 5.83. The van der Waals surface area contributed by atoms with Crippen molar-refractivity contribution in [3.05, 3.63) is 58.5 Å². The van der Waals surface area contributed by atoms with Crippen LogP contribution >= 0.6 is 15.9 Å². The van der Waals surface area contributed by atoms with Crippen LogP contribution in [-0.4, -0.2) is 71.0 Å². The van der Waals surface area contributed by atoms with Gasteiger partial charge in [-0.2, -0.15) is 5.10 Å². The third-order valence-electron chi connectivity index (χ3n) is 7.71. The number of aromatic nitrogens is 6. The van der Waals surface area contributed by atoms with Crippen LogP contribution in [0.5, 0.6) is 0 Å². The number of carbonyl (C=O) groups is 3. The second-order valence-corrected chi connectivity index (χ2v) is 11.5. The van der Waals surface area contributed by atoms with Crippen molar-refractivity contribution < 1.29 is 18.8 Å². The summed E-state index contributed by atoms with van der Waals surface area (Å²) in [6.07, 6.45) is 11.7. The van der Waals surface area contributed by atoms with Gasteiger partial charge in [0, 0.05) is 30.3 Å². The third-order valence-corrected chi connectivity index (χ3v) is 8.16. The molecule has 44 heavy (non-hydrogen) atoms. The van der Waals surface area contributed by atoms with E-state index in [4.69, 9.17) is 6.42 Å². The highest BCUT2D eigenvalue weighted by atomic mass is 79.9. The summed E-state index contributed by atoms with van der Waals surface area (Å²) in [5.74, 6) is 2.15. The molecule has 0 unspecified atom stereocenters. The minimum atomic E-state index is -0.922. The Morgan fingerprint density at radius 2 is 1.91 bits per heavy atom. The molecule has 0 bridgehead atoms. The zero-order valence-corrected chi connectivity index (χ0v) is 26.0. The number of rotatable bonds is 9. The van der Waals surface area contributed by atoms with Crippen molar-refractivity contribution in [3.8, 4) is 23.6 Å². The number of nitrogens with one attached hydrogen (secondary N) is 1. The predicted molar refractivity (Wildman–Crippen MR) is 165 cm³/mol. The van der Waals surface area contributed by atoms with Crippen LogP contribution in [0.2, 0.25) is 0 Å². The highest BCUT2D eigenvalue weighted by Crippen LogP contribution is 2.35. The summed E-state index contributed by atoms with van der Waals surface area (Å²) in [6.45, 7) is 4.14. The van der Waals surface area contributed by atoms with Crippen LogP contribution in [0, 0.1) is 32.1 Å². The molecular formula is C31H30BrFN8O3. The molecule has 0 saturated carbocycles. The van der Waals surface area contributed by atoms with E-state index in [2.05, 4.69) is 52.2 Å². The first kappa shape index (κ1) is 30.9. The van der Waals surface area contributed by atoms with Gasteiger partial charge >= 0.3 is 0 Å². The number of halogens is 2. The van der Waals surface area contributed by atoms with Gasteiger partial charge in [-0.15, -0.1) is 6.42 Å². The van der Waals surface area contributed by atoms with Gasteiger partial charge in [0.05, 0.1) is 30.1 Å². The zero-order valence-electron chi connectivity index (χ0n) is 24.4. The molecule has 1 aliphatic heterocycles. The Morgan fingerprint density at radius 1 is 1.16 bits per heavy atom. The summed E-state index contributed by atoms with van der Waals surface area (Å²) in [5, 5.41) is 7.80. The van der Waals surface area contributed by atoms with E-state index >= 15 is 0 Å². The lowest BCUT2D eigenvalue weighted by molar-refractivity contribution is -0.138. The number of amides is 2. The molecule has 0 aliphatic carbocycles. The number of carbonyl (C=O) groups excluding carboxylic acids is 3. The van der Waals surface area contributed by atoms with Crippen LogP contribution in [0.25, 0.3) is 22.2 Å². The van der Waals surface area contributed by atoms with Crippen LogP contribution in [0.4, 0.5) is 10.2 Å².